The van der Waals surface area contributed by atoms with Gasteiger partial charge in [0.2, 0.25) is 0 Å². The SMILES string of the molecule is CCn1cnc2c(C#N)cccc21. The number of nitriles is 1. The summed E-state index contributed by atoms with van der Waals surface area (Å²) in [5.74, 6) is 0. The predicted molar refractivity (Wildman–Crippen MR) is 50.1 cm³/mol. The van der Waals surface area contributed by atoms with Gasteiger partial charge in [0, 0.05) is 6.54 Å². The van der Waals surface area contributed by atoms with E-state index in [1.54, 1.807) is 12.4 Å². The number of fused-ring (bicyclic) bond motifs is 1. The number of rotatable bonds is 1. The lowest BCUT2D eigenvalue weighted by molar-refractivity contribution is 0.787. The minimum absolute atomic E-state index is 0.643. The quantitative estimate of drug-likeness (QED) is 0.657. The Bertz CT molecular complexity index is 476. The molecule has 0 aliphatic heterocycles. The number of imidazole rings is 1. The molecule has 0 unspecified atom stereocenters. The molecule has 3 nitrogen and oxygen atoms in total. The highest BCUT2D eigenvalue weighted by Crippen LogP contribution is 2.16. The summed E-state index contributed by atoms with van der Waals surface area (Å²) in [6.45, 7) is 2.94. The molecule has 3 heteroatoms. The van der Waals surface area contributed by atoms with E-state index in [-0.39, 0.29) is 0 Å². The Hall–Kier alpha value is -1.82. The molecular weight excluding hydrogens is 162 g/mol. The smallest absolute Gasteiger partial charge is 0.106 e. The molecule has 0 radical (unpaired) electrons. The number of hydrogen-bond acceptors (Lipinski definition) is 2. The van der Waals surface area contributed by atoms with Crippen LogP contribution in [0.25, 0.3) is 11.0 Å². The Labute approximate surface area is 76.2 Å². The second-order valence-corrected chi connectivity index (χ2v) is 2.82. The summed E-state index contributed by atoms with van der Waals surface area (Å²) in [6, 6.07) is 7.78. The normalized spacial score (nSPS) is 10.2. The van der Waals surface area contributed by atoms with Crippen molar-refractivity contribution in [1.29, 1.82) is 5.26 Å². The van der Waals surface area contributed by atoms with Crippen molar-refractivity contribution in [3.63, 3.8) is 0 Å². The Balaban J connectivity index is 2.81. The van der Waals surface area contributed by atoms with E-state index in [1.165, 1.54) is 0 Å². The first-order chi connectivity index (χ1) is 6.36. The molecular formula is C10H9N3. The third kappa shape index (κ3) is 1.07. The van der Waals surface area contributed by atoms with Gasteiger partial charge >= 0.3 is 0 Å². The topological polar surface area (TPSA) is 41.6 Å². The van der Waals surface area contributed by atoms with Gasteiger partial charge in [0.15, 0.2) is 0 Å². The lowest BCUT2D eigenvalue weighted by Crippen LogP contribution is -1.90. The molecule has 0 aliphatic rings. The van der Waals surface area contributed by atoms with Crippen molar-refractivity contribution in [3.05, 3.63) is 30.1 Å². The van der Waals surface area contributed by atoms with Crippen molar-refractivity contribution in [2.45, 2.75) is 13.5 Å². The molecule has 0 amide bonds. The summed E-state index contributed by atoms with van der Waals surface area (Å²) in [4.78, 5) is 4.20. The second kappa shape index (κ2) is 2.91. The standard InChI is InChI=1S/C10H9N3/c1-2-13-7-12-10-8(6-11)4-3-5-9(10)13/h3-5,7H,2H2,1H3. The minimum atomic E-state index is 0.643. The van der Waals surface area contributed by atoms with Crippen molar-refractivity contribution in [3.8, 4) is 6.07 Å². The van der Waals surface area contributed by atoms with Gasteiger partial charge in [-0.3, -0.25) is 0 Å². The molecule has 0 aliphatic carbocycles. The van der Waals surface area contributed by atoms with E-state index >= 15 is 0 Å². The van der Waals surface area contributed by atoms with Crippen LogP contribution in [-0.2, 0) is 6.54 Å². The van der Waals surface area contributed by atoms with E-state index in [4.69, 9.17) is 5.26 Å². The fourth-order valence-corrected chi connectivity index (χ4v) is 1.43. The summed E-state index contributed by atoms with van der Waals surface area (Å²) in [5, 5.41) is 8.82. The van der Waals surface area contributed by atoms with Gasteiger partial charge in [-0.2, -0.15) is 5.26 Å². The van der Waals surface area contributed by atoms with Gasteiger partial charge in [-0.1, -0.05) is 6.07 Å². The largest absolute Gasteiger partial charge is 0.331 e. The summed E-state index contributed by atoms with van der Waals surface area (Å²) in [6.07, 6.45) is 1.77. The monoisotopic (exact) mass is 171 g/mol. The highest BCUT2D eigenvalue weighted by molar-refractivity contribution is 5.81. The molecule has 0 bridgehead atoms. The van der Waals surface area contributed by atoms with Gasteiger partial charge in [-0.25, -0.2) is 4.98 Å². The maximum absolute atomic E-state index is 8.82. The highest BCUT2D eigenvalue weighted by Gasteiger charge is 2.04. The van der Waals surface area contributed by atoms with Crippen LogP contribution in [0, 0.1) is 11.3 Å². The molecule has 0 saturated heterocycles. The van der Waals surface area contributed by atoms with Crippen molar-refractivity contribution in [2.75, 3.05) is 0 Å². The number of aryl methyl sites for hydroxylation is 1. The van der Waals surface area contributed by atoms with E-state index < -0.39 is 0 Å². The average Bonchev–Trinajstić information content (AvgIpc) is 2.60. The summed E-state index contributed by atoms with van der Waals surface area (Å²) < 4.78 is 2.02. The lowest BCUT2D eigenvalue weighted by atomic mass is 10.2. The van der Waals surface area contributed by atoms with E-state index in [0.717, 1.165) is 17.6 Å². The van der Waals surface area contributed by atoms with Crippen LogP contribution >= 0.6 is 0 Å². The maximum Gasteiger partial charge on any atom is 0.106 e. The van der Waals surface area contributed by atoms with Crippen LogP contribution in [0.2, 0.25) is 0 Å². The van der Waals surface area contributed by atoms with E-state index in [9.17, 15) is 0 Å². The van der Waals surface area contributed by atoms with Crippen LogP contribution < -0.4 is 0 Å². The number of para-hydroxylation sites is 1. The van der Waals surface area contributed by atoms with Gasteiger partial charge in [0.05, 0.1) is 17.4 Å². The average molecular weight is 171 g/mol. The van der Waals surface area contributed by atoms with Crippen LogP contribution in [0.1, 0.15) is 12.5 Å². The number of benzene rings is 1. The van der Waals surface area contributed by atoms with Crippen LogP contribution in [0.15, 0.2) is 24.5 Å². The summed E-state index contributed by atoms with van der Waals surface area (Å²) in [7, 11) is 0. The first-order valence-electron chi connectivity index (χ1n) is 4.20. The molecule has 0 fully saturated rings. The molecule has 0 atom stereocenters. The molecule has 64 valence electrons. The first kappa shape index (κ1) is 7.81. The van der Waals surface area contributed by atoms with Crippen LogP contribution in [0.5, 0.6) is 0 Å². The van der Waals surface area contributed by atoms with Crippen LogP contribution in [-0.4, -0.2) is 9.55 Å². The number of nitrogens with zero attached hydrogens (tertiary/aromatic N) is 3. The maximum atomic E-state index is 8.82. The molecule has 13 heavy (non-hydrogen) atoms. The molecule has 1 aromatic carbocycles. The predicted octanol–water partition coefficient (Wildman–Crippen LogP) is 1.93. The zero-order valence-electron chi connectivity index (χ0n) is 7.36. The molecule has 0 spiro atoms. The van der Waals surface area contributed by atoms with Gasteiger partial charge in [-0.05, 0) is 19.1 Å². The number of hydrogen-bond donors (Lipinski definition) is 0. The Kier molecular flexibility index (Phi) is 1.75. The molecule has 1 heterocycles. The fraction of sp³-hybridized carbons (Fsp3) is 0.200. The zero-order valence-corrected chi connectivity index (χ0v) is 7.36. The van der Waals surface area contributed by atoms with Gasteiger partial charge in [0.25, 0.3) is 0 Å². The molecule has 2 aromatic rings. The Morgan fingerprint density at radius 2 is 2.38 bits per heavy atom. The first-order valence-corrected chi connectivity index (χ1v) is 4.20. The van der Waals surface area contributed by atoms with Crippen molar-refractivity contribution in [1.82, 2.24) is 9.55 Å². The minimum Gasteiger partial charge on any atom is -0.331 e. The number of aromatic nitrogens is 2. The van der Waals surface area contributed by atoms with Crippen LogP contribution in [0.3, 0.4) is 0 Å². The van der Waals surface area contributed by atoms with Gasteiger partial charge in [-0.15, -0.1) is 0 Å². The zero-order chi connectivity index (χ0) is 9.26. The molecule has 1 aromatic heterocycles. The van der Waals surface area contributed by atoms with Gasteiger partial charge < -0.3 is 4.57 Å². The van der Waals surface area contributed by atoms with Crippen molar-refractivity contribution in [2.24, 2.45) is 0 Å². The highest BCUT2D eigenvalue weighted by atomic mass is 15.0. The van der Waals surface area contributed by atoms with Gasteiger partial charge in [0.1, 0.15) is 11.6 Å². The Morgan fingerprint density at radius 1 is 1.54 bits per heavy atom. The summed E-state index contributed by atoms with van der Waals surface area (Å²) >= 11 is 0. The Morgan fingerprint density at radius 3 is 3.08 bits per heavy atom. The second-order valence-electron chi connectivity index (χ2n) is 2.82. The van der Waals surface area contributed by atoms with Crippen molar-refractivity contribution >= 4 is 11.0 Å². The van der Waals surface area contributed by atoms with E-state index in [1.807, 2.05) is 16.7 Å². The molecule has 2 rings (SSSR count). The fourth-order valence-electron chi connectivity index (χ4n) is 1.43. The molecule has 0 N–H and O–H groups in total. The van der Waals surface area contributed by atoms with Crippen LogP contribution in [0.4, 0.5) is 0 Å². The van der Waals surface area contributed by atoms with E-state index in [2.05, 4.69) is 18.0 Å². The molecule has 0 saturated carbocycles. The third-order valence-corrected chi connectivity index (χ3v) is 2.11. The lowest BCUT2D eigenvalue weighted by Gasteiger charge is -1.97. The van der Waals surface area contributed by atoms with Crippen molar-refractivity contribution < 1.29 is 0 Å². The third-order valence-electron chi connectivity index (χ3n) is 2.11. The summed E-state index contributed by atoms with van der Waals surface area (Å²) in [5.41, 5.74) is 2.47. The van der Waals surface area contributed by atoms with E-state index in [0.29, 0.717) is 5.56 Å².